The lowest BCUT2D eigenvalue weighted by Gasteiger charge is -2.25. The molecule has 0 spiro atoms. The zero-order valence-electron chi connectivity index (χ0n) is 14.6. The van der Waals surface area contributed by atoms with Gasteiger partial charge in [0.25, 0.3) is 0 Å². The maximum atomic E-state index is 12.6. The molecule has 0 radical (unpaired) electrons. The van der Waals surface area contributed by atoms with Gasteiger partial charge in [0, 0.05) is 31.7 Å². The van der Waals surface area contributed by atoms with Crippen molar-refractivity contribution in [3.8, 4) is 0 Å². The Labute approximate surface area is 148 Å². The SMILES string of the molecule is CN(CC(=O)Nc1ccccc1)C(=O)C1CC(=O)N(C2CCCC2)C1. The fourth-order valence-electron chi connectivity index (χ4n) is 3.79. The van der Waals surface area contributed by atoms with Crippen LogP contribution >= 0.6 is 0 Å². The Morgan fingerprint density at radius 3 is 2.56 bits per heavy atom. The minimum atomic E-state index is -0.331. The van der Waals surface area contributed by atoms with Crippen molar-refractivity contribution < 1.29 is 14.4 Å². The first-order valence-corrected chi connectivity index (χ1v) is 8.94. The van der Waals surface area contributed by atoms with E-state index in [0.717, 1.165) is 25.7 Å². The largest absolute Gasteiger partial charge is 0.339 e. The molecule has 6 nitrogen and oxygen atoms in total. The number of anilines is 1. The van der Waals surface area contributed by atoms with Gasteiger partial charge in [-0.3, -0.25) is 14.4 Å². The molecule has 0 bridgehead atoms. The van der Waals surface area contributed by atoms with E-state index < -0.39 is 0 Å². The lowest BCUT2D eigenvalue weighted by molar-refractivity contribution is -0.137. The number of benzene rings is 1. The van der Waals surface area contributed by atoms with Crippen molar-refractivity contribution >= 4 is 23.4 Å². The number of hydrogen-bond acceptors (Lipinski definition) is 3. The lowest BCUT2D eigenvalue weighted by atomic mass is 10.1. The normalized spacial score (nSPS) is 20.8. The van der Waals surface area contributed by atoms with Crippen LogP contribution in [-0.2, 0) is 14.4 Å². The molecule has 1 saturated carbocycles. The molecular weight excluding hydrogens is 318 g/mol. The number of nitrogens with zero attached hydrogens (tertiary/aromatic N) is 2. The molecule has 1 aromatic rings. The van der Waals surface area contributed by atoms with Gasteiger partial charge in [-0.1, -0.05) is 31.0 Å². The zero-order chi connectivity index (χ0) is 17.8. The minimum Gasteiger partial charge on any atom is -0.339 e. The van der Waals surface area contributed by atoms with Crippen LogP contribution in [0.5, 0.6) is 0 Å². The van der Waals surface area contributed by atoms with Crippen molar-refractivity contribution in [1.82, 2.24) is 9.80 Å². The van der Waals surface area contributed by atoms with Crippen LogP contribution in [0.1, 0.15) is 32.1 Å². The summed E-state index contributed by atoms with van der Waals surface area (Å²) in [6.07, 6.45) is 4.67. The van der Waals surface area contributed by atoms with Gasteiger partial charge in [0.1, 0.15) is 0 Å². The first kappa shape index (κ1) is 17.5. The molecule has 1 N–H and O–H groups in total. The highest BCUT2D eigenvalue weighted by atomic mass is 16.2. The Bertz CT molecular complexity index is 641. The van der Waals surface area contributed by atoms with Crippen molar-refractivity contribution in [2.24, 2.45) is 5.92 Å². The van der Waals surface area contributed by atoms with Crippen LogP contribution in [-0.4, -0.2) is 53.7 Å². The van der Waals surface area contributed by atoms with Gasteiger partial charge < -0.3 is 15.1 Å². The second-order valence-corrected chi connectivity index (χ2v) is 6.99. The minimum absolute atomic E-state index is 0.0121. The predicted octanol–water partition coefficient (Wildman–Crippen LogP) is 1.87. The predicted molar refractivity (Wildman–Crippen MR) is 94.8 cm³/mol. The highest BCUT2D eigenvalue weighted by Crippen LogP contribution is 2.30. The van der Waals surface area contributed by atoms with Crippen molar-refractivity contribution in [1.29, 1.82) is 0 Å². The number of amides is 3. The number of nitrogens with one attached hydrogen (secondary N) is 1. The zero-order valence-corrected chi connectivity index (χ0v) is 14.6. The van der Waals surface area contributed by atoms with Gasteiger partial charge >= 0.3 is 0 Å². The average molecular weight is 343 g/mol. The molecule has 1 aliphatic carbocycles. The molecule has 3 rings (SSSR count). The smallest absolute Gasteiger partial charge is 0.243 e. The fraction of sp³-hybridized carbons (Fsp3) is 0.526. The van der Waals surface area contributed by atoms with Crippen LogP contribution in [0.4, 0.5) is 5.69 Å². The average Bonchev–Trinajstić information content (AvgIpc) is 3.24. The standard InChI is InChI=1S/C19H25N3O3/c1-21(13-17(23)20-15-7-3-2-4-8-15)19(25)14-11-18(24)22(12-14)16-9-5-6-10-16/h2-4,7-8,14,16H,5-6,9-13H2,1H3,(H,20,23). The number of likely N-dealkylation sites (N-methyl/N-ethyl adjacent to an activating group) is 1. The van der Waals surface area contributed by atoms with E-state index in [1.807, 2.05) is 23.1 Å². The summed E-state index contributed by atoms with van der Waals surface area (Å²) in [4.78, 5) is 40.2. The Hall–Kier alpha value is -2.37. The molecule has 134 valence electrons. The quantitative estimate of drug-likeness (QED) is 0.887. The highest BCUT2D eigenvalue weighted by molar-refractivity contribution is 5.96. The Morgan fingerprint density at radius 1 is 1.20 bits per heavy atom. The van der Waals surface area contributed by atoms with Crippen LogP contribution in [0.25, 0.3) is 0 Å². The van der Waals surface area contributed by atoms with Gasteiger partial charge in [0.15, 0.2) is 0 Å². The number of para-hydroxylation sites is 1. The lowest BCUT2D eigenvalue weighted by Crippen LogP contribution is -2.40. The van der Waals surface area contributed by atoms with Gasteiger partial charge in [-0.25, -0.2) is 0 Å². The molecule has 3 amide bonds. The summed E-state index contributed by atoms with van der Waals surface area (Å²) < 4.78 is 0. The van der Waals surface area contributed by atoms with Gasteiger partial charge in [-0.15, -0.1) is 0 Å². The van der Waals surface area contributed by atoms with Crippen molar-refractivity contribution in [2.45, 2.75) is 38.1 Å². The Kier molecular flexibility index (Phi) is 5.36. The van der Waals surface area contributed by atoms with E-state index in [4.69, 9.17) is 0 Å². The summed E-state index contributed by atoms with van der Waals surface area (Å²) in [7, 11) is 1.62. The van der Waals surface area contributed by atoms with Crippen molar-refractivity contribution in [3.05, 3.63) is 30.3 Å². The number of carbonyl (C=O) groups is 3. The van der Waals surface area contributed by atoms with Crippen molar-refractivity contribution in [3.63, 3.8) is 0 Å². The Morgan fingerprint density at radius 2 is 1.88 bits per heavy atom. The molecule has 0 aromatic heterocycles. The van der Waals surface area contributed by atoms with E-state index in [9.17, 15) is 14.4 Å². The first-order valence-electron chi connectivity index (χ1n) is 8.94. The van der Waals surface area contributed by atoms with E-state index in [2.05, 4.69) is 5.32 Å². The number of likely N-dealkylation sites (tertiary alicyclic amines) is 1. The Balaban J connectivity index is 1.52. The van der Waals surface area contributed by atoms with Crippen molar-refractivity contribution in [2.75, 3.05) is 25.5 Å². The van der Waals surface area contributed by atoms with Gasteiger partial charge in [-0.2, -0.15) is 0 Å². The molecule has 2 fully saturated rings. The number of carbonyl (C=O) groups excluding carboxylic acids is 3. The summed E-state index contributed by atoms with van der Waals surface area (Å²) in [5.74, 6) is -0.619. The third kappa shape index (κ3) is 4.18. The van der Waals surface area contributed by atoms with Crippen LogP contribution in [0, 0.1) is 5.92 Å². The third-order valence-corrected chi connectivity index (χ3v) is 5.09. The molecule has 1 aromatic carbocycles. The molecule has 25 heavy (non-hydrogen) atoms. The molecule has 6 heteroatoms. The summed E-state index contributed by atoms with van der Waals surface area (Å²) in [5.41, 5.74) is 0.705. The van der Waals surface area contributed by atoms with Crippen LogP contribution in [0.3, 0.4) is 0 Å². The molecule has 2 aliphatic rings. The second-order valence-electron chi connectivity index (χ2n) is 6.99. The van der Waals surface area contributed by atoms with E-state index in [0.29, 0.717) is 18.3 Å². The van der Waals surface area contributed by atoms with Gasteiger partial charge in [0.05, 0.1) is 12.5 Å². The number of hydrogen-bond donors (Lipinski definition) is 1. The molecular formula is C19H25N3O3. The second kappa shape index (κ2) is 7.68. The maximum Gasteiger partial charge on any atom is 0.243 e. The molecule has 1 heterocycles. The first-order chi connectivity index (χ1) is 12.0. The van der Waals surface area contributed by atoms with E-state index in [1.165, 1.54) is 4.90 Å². The van der Waals surface area contributed by atoms with E-state index in [1.54, 1.807) is 19.2 Å². The van der Waals surface area contributed by atoms with Crippen LogP contribution in [0.2, 0.25) is 0 Å². The van der Waals surface area contributed by atoms with Gasteiger partial charge in [0.2, 0.25) is 17.7 Å². The van der Waals surface area contributed by atoms with E-state index in [-0.39, 0.29) is 36.6 Å². The summed E-state index contributed by atoms with van der Waals surface area (Å²) in [6, 6.07) is 9.46. The fourth-order valence-corrected chi connectivity index (χ4v) is 3.79. The van der Waals surface area contributed by atoms with E-state index >= 15 is 0 Å². The summed E-state index contributed by atoms with van der Waals surface area (Å²) in [6.45, 7) is 0.481. The van der Waals surface area contributed by atoms with Crippen LogP contribution < -0.4 is 5.32 Å². The highest BCUT2D eigenvalue weighted by Gasteiger charge is 2.39. The number of rotatable bonds is 5. The molecule has 1 aliphatic heterocycles. The van der Waals surface area contributed by atoms with Gasteiger partial charge in [-0.05, 0) is 25.0 Å². The summed E-state index contributed by atoms with van der Waals surface area (Å²) >= 11 is 0. The summed E-state index contributed by atoms with van der Waals surface area (Å²) in [5, 5.41) is 2.77. The molecule has 1 unspecified atom stereocenters. The topological polar surface area (TPSA) is 69.7 Å². The molecule has 1 saturated heterocycles. The van der Waals surface area contributed by atoms with Crippen LogP contribution in [0.15, 0.2) is 30.3 Å². The monoisotopic (exact) mass is 343 g/mol. The molecule has 1 atom stereocenters. The maximum absolute atomic E-state index is 12.6. The third-order valence-electron chi connectivity index (χ3n) is 5.09.